The summed E-state index contributed by atoms with van der Waals surface area (Å²) in [6.45, 7) is 2.63. The summed E-state index contributed by atoms with van der Waals surface area (Å²) >= 11 is 1.69. The minimum Gasteiger partial charge on any atom is -0.370 e. The molecule has 0 aliphatic carbocycles. The maximum absolute atomic E-state index is 5.98. The van der Waals surface area contributed by atoms with Gasteiger partial charge in [0.15, 0.2) is 5.96 Å². The van der Waals surface area contributed by atoms with Gasteiger partial charge in [0.2, 0.25) is 0 Å². The molecule has 134 valence electrons. The number of thiazole rings is 1. The van der Waals surface area contributed by atoms with Crippen molar-refractivity contribution < 1.29 is 0 Å². The van der Waals surface area contributed by atoms with Crippen molar-refractivity contribution in [1.29, 1.82) is 0 Å². The predicted octanol–water partition coefficient (Wildman–Crippen LogP) is 4.42. The minimum atomic E-state index is 0.410. The van der Waals surface area contributed by atoms with Crippen LogP contribution in [0.2, 0.25) is 0 Å². The van der Waals surface area contributed by atoms with Crippen LogP contribution in [0.1, 0.15) is 28.8 Å². The van der Waals surface area contributed by atoms with Gasteiger partial charge in [-0.3, -0.25) is 0 Å². The van der Waals surface area contributed by atoms with Crippen LogP contribution < -0.4 is 11.1 Å². The Hall–Kier alpha value is -2.66. The lowest BCUT2D eigenvalue weighted by molar-refractivity contribution is 0.913. The summed E-state index contributed by atoms with van der Waals surface area (Å²) in [5.74, 6) is 0.410. The van der Waals surface area contributed by atoms with Crippen LogP contribution in [0.5, 0.6) is 0 Å². The van der Waals surface area contributed by atoms with Crippen molar-refractivity contribution in [3.63, 3.8) is 0 Å². The summed E-state index contributed by atoms with van der Waals surface area (Å²) in [4.78, 5) is 9.05. The highest BCUT2D eigenvalue weighted by Gasteiger charge is 2.03. The van der Waals surface area contributed by atoms with Crippen LogP contribution in [0.15, 0.2) is 65.0 Å². The molecule has 0 aliphatic heterocycles. The largest absolute Gasteiger partial charge is 0.370 e. The minimum absolute atomic E-state index is 0.410. The third-order valence-corrected chi connectivity index (χ3v) is 5.07. The van der Waals surface area contributed by atoms with Crippen molar-refractivity contribution in [2.24, 2.45) is 10.7 Å². The first-order valence-corrected chi connectivity index (χ1v) is 9.74. The smallest absolute Gasteiger partial charge is 0.193 e. The Kier molecular flexibility index (Phi) is 6.39. The lowest BCUT2D eigenvalue weighted by Gasteiger charge is -2.06. The number of nitrogens with two attached hydrogens (primary N) is 1. The van der Waals surface area contributed by atoms with Crippen LogP contribution in [0.3, 0.4) is 0 Å². The molecular formula is C21H24N4S. The molecule has 0 saturated carbocycles. The van der Waals surface area contributed by atoms with Crippen molar-refractivity contribution in [2.45, 2.75) is 32.7 Å². The standard InChI is InChI=1S/C21H24N4S/c1-2-16-8-11-18(12-9-16)25-21(22)23-14-19-15-26-20(24-19)13-10-17-6-4-3-5-7-17/h3-9,11-12,15H,2,10,13-14H2,1H3,(H3,22,23,25). The van der Waals surface area contributed by atoms with Gasteiger partial charge in [0, 0.05) is 17.5 Å². The number of nitrogens with zero attached hydrogens (tertiary/aromatic N) is 2. The zero-order chi connectivity index (χ0) is 18.2. The first-order chi connectivity index (χ1) is 12.7. The maximum Gasteiger partial charge on any atom is 0.193 e. The predicted molar refractivity (Wildman–Crippen MR) is 111 cm³/mol. The Morgan fingerprint density at radius 1 is 1.04 bits per heavy atom. The fourth-order valence-corrected chi connectivity index (χ4v) is 3.40. The molecule has 0 spiro atoms. The second kappa shape index (κ2) is 9.15. The van der Waals surface area contributed by atoms with Gasteiger partial charge in [0.05, 0.1) is 17.2 Å². The molecular weight excluding hydrogens is 340 g/mol. The second-order valence-corrected chi connectivity index (χ2v) is 7.04. The molecule has 5 heteroatoms. The molecule has 3 N–H and O–H groups in total. The number of rotatable bonds is 7. The number of anilines is 1. The molecule has 0 unspecified atom stereocenters. The molecule has 1 aromatic heterocycles. The number of guanidine groups is 1. The molecule has 4 nitrogen and oxygen atoms in total. The normalized spacial score (nSPS) is 11.5. The van der Waals surface area contributed by atoms with Crippen molar-refractivity contribution in [2.75, 3.05) is 5.32 Å². The molecule has 2 aromatic carbocycles. The average Bonchev–Trinajstić information content (AvgIpc) is 3.14. The summed E-state index contributed by atoms with van der Waals surface area (Å²) in [5, 5.41) is 6.32. The monoisotopic (exact) mass is 364 g/mol. The third-order valence-electron chi connectivity index (χ3n) is 4.12. The van der Waals surface area contributed by atoms with E-state index in [9.17, 15) is 0 Å². The van der Waals surface area contributed by atoms with E-state index in [1.165, 1.54) is 11.1 Å². The highest BCUT2D eigenvalue weighted by Crippen LogP contribution is 2.14. The van der Waals surface area contributed by atoms with E-state index >= 15 is 0 Å². The number of aromatic nitrogens is 1. The highest BCUT2D eigenvalue weighted by molar-refractivity contribution is 7.09. The van der Waals surface area contributed by atoms with Crippen molar-refractivity contribution in [1.82, 2.24) is 4.98 Å². The Morgan fingerprint density at radius 2 is 1.81 bits per heavy atom. The van der Waals surface area contributed by atoms with Crippen molar-refractivity contribution >= 4 is 23.0 Å². The van der Waals surface area contributed by atoms with E-state index in [2.05, 4.69) is 64.0 Å². The fraction of sp³-hybridized carbons (Fsp3) is 0.238. The van der Waals surface area contributed by atoms with E-state index in [0.29, 0.717) is 12.5 Å². The van der Waals surface area contributed by atoms with E-state index in [0.717, 1.165) is 35.7 Å². The van der Waals surface area contributed by atoms with Gasteiger partial charge < -0.3 is 11.1 Å². The van der Waals surface area contributed by atoms with E-state index in [-0.39, 0.29) is 0 Å². The Labute approximate surface area is 158 Å². The summed E-state index contributed by atoms with van der Waals surface area (Å²) in [6.07, 6.45) is 2.99. The molecule has 0 fully saturated rings. The fourth-order valence-electron chi connectivity index (χ4n) is 2.61. The molecule has 0 atom stereocenters. The van der Waals surface area contributed by atoms with Crippen molar-refractivity contribution in [3.05, 3.63) is 81.8 Å². The SMILES string of the molecule is CCc1ccc(NC(N)=NCc2csc(CCc3ccccc3)n2)cc1. The first-order valence-electron chi connectivity index (χ1n) is 8.86. The van der Waals surface area contributed by atoms with Gasteiger partial charge in [-0.15, -0.1) is 11.3 Å². The molecule has 3 aromatic rings. The number of nitrogens with one attached hydrogen (secondary N) is 1. The van der Waals surface area contributed by atoms with E-state index < -0.39 is 0 Å². The molecule has 0 saturated heterocycles. The molecule has 0 aliphatic rings. The molecule has 1 heterocycles. The quantitative estimate of drug-likeness (QED) is 0.482. The maximum atomic E-state index is 5.98. The molecule has 0 radical (unpaired) electrons. The number of aliphatic imine (C=N–C) groups is 1. The zero-order valence-corrected chi connectivity index (χ0v) is 15.8. The van der Waals surface area contributed by atoms with E-state index in [1.807, 2.05) is 18.2 Å². The van der Waals surface area contributed by atoms with Crippen LogP contribution in [0.4, 0.5) is 5.69 Å². The Bertz CT molecular complexity index is 838. The summed E-state index contributed by atoms with van der Waals surface area (Å²) in [7, 11) is 0. The zero-order valence-electron chi connectivity index (χ0n) is 15.0. The van der Waals surface area contributed by atoms with Gasteiger partial charge in [-0.05, 0) is 36.1 Å². The number of hydrogen-bond acceptors (Lipinski definition) is 3. The third kappa shape index (κ3) is 5.43. The summed E-state index contributed by atoms with van der Waals surface area (Å²) in [5.41, 5.74) is 10.5. The Morgan fingerprint density at radius 3 is 2.54 bits per heavy atom. The molecule has 26 heavy (non-hydrogen) atoms. The molecule has 3 rings (SSSR count). The number of hydrogen-bond donors (Lipinski definition) is 2. The van der Waals surface area contributed by atoms with Gasteiger partial charge in [-0.1, -0.05) is 49.4 Å². The van der Waals surface area contributed by atoms with Crippen LogP contribution in [0.25, 0.3) is 0 Å². The van der Waals surface area contributed by atoms with Gasteiger partial charge >= 0.3 is 0 Å². The average molecular weight is 365 g/mol. The van der Waals surface area contributed by atoms with Crippen LogP contribution in [0, 0.1) is 0 Å². The van der Waals surface area contributed by atoms with Gasteiger partial charge in [-0.25, -0.2) is 9.98 Å². The van der Waals surface area contributed by atoms with Gasteiger partial charge in [0.25, 0.3) is 0 Å². The second-order valence-electron chi connectivity index (χ2n) is 6.10. The Balaban J connectivity index is 1.50. The topological polar surface area (TPSA) is 63.3 Å². The summed E-state index contributed by atoms with van der Waals surface area (Å²) in [6, 6.07) is 18.7. The van der Waals surface area contributed by atoms with Gasteiger partial charge in [0.1, 0.15) is 0 Å². The lowest BCUT2D eigenvalue weighted by Crippen LogP contribution is -2.22. The van der Waals surface area contributed by atoms with Gasteiger partial charge in [-0.2, -0.15) is 0 Å². The molecule has 0 bridgehead atoms. The van der Waals surface area contributed by atoms with Crippen molar-refractivity contribution in [3.8, 4) is 0 Å². The van der Waals surface area contributed by atoms with E-state index in [1.54, 1.807) is 11.3 Å². The highest BCUT2D eigenvalue weighted by atomic mass is 32.1. The van der Waals surface area contributed by atoms with E-state index in [4.69, 9.17) is 5.73 Å². The van der Waals surface area contributed by atoms with Crippen LogP contribution in [-0.4, -0.2) is 10.9 Å². The number of benzene rings is 2. The summed E-state index contributed by atoms with van der Waals surface area (Å²) < 4.78 is 0. The first kappa shape index (κ1) is 18.1. The number of aryl methyl sites for hydroxylation is 3. The lowest BCUT2D eigenvalue weighted by atomic mass is 10.1. The van der Waals surface area contributed by atoms with Crippen LogP contribution >= 0.6 is 11.3 Å². The molecule has 0 amide bonds. The van der Waals surface area contributed by atoms with Crippen LogP contribution in [-0.2, 0) is 25.8 Å².